The van der Waals surface area contributed by atoms with Crippen molar-refractivity contribution in [2.75, 3.05) is 6.61 Å². The van der Waals surface area contributed by atoms with Gasteiger partial charge in [0.15, 0.2) is 0 Å². The van der Waals surface area contributed by atoms with Gasteiger partial charge in [0.1, 0.15) is 6.04 Å². The summed E-state index contributed by atoms with van der Waals surface area (Å²) >= 11 is 1.61. The van der Waals surface area contributed by atoms with Gasteiger partial charge in [0.25, 0.3) is 0 Å². The first-order valence-corrected chi connectivity index (χ1v) is 6.27. The summed E-state index contributed by atoms with van der Waals surface area (Å²) in [4.78, 5) is 15.8. The van der Waals surface area contributed by atoms with Gasteiger partial charge in [-0.25, -0.2) is 4.98 Å². The van der Waals surface area contributed by atoms with E-state index < -0.39 is 0 Å². The first kappa shape index (κ1) is 13.1. The maximum atomic E-state index is 11.4. The molecule has 0 amide bonds. The fourth-order valence-corrected chi connectivity index (χ4v) is 2.08. The highest BCUT2D eigenvalue weighted by Gasteiger charge is 2.18. The first-order chi connectivity index (χ1) is 7.54. The maximum Gasteiger partial charge on any atom is 0.322 e. The summed E-state index contributed by atoms with van der Waals surface area (Å²) < 4.78 is 4.93. The number of carbonyl (C=O) groups excluding carboxylic acids is 1. The van der Waals surface area contributed by atoms with Crippen LogP contribution < -0.4 is 5.32 Å². The molecule has 16 heavy (non-hydrogen) atoms. The smallest absolute Gasteiger partial charge is 0.322 e. The zero-order valence-corrected chi connectivity index (χ0v) is 10.9. The number of aryl methyl sites for hydroxylation is 1. The van der Waals surface area contributed by atoms with E-state index in [1.54, 1.807) is 25.2 Å². The van der Waals surface area contributed by atoms with Crippen molar-refractivity contribution in [1.82, 2.24) is 10.3 Å². The standard InChI is InChI=1S/C11H18N2O2S/c1-5-15-11(14)8(3)12-7(2)10-6-16-9(4)13-10/h6-8,12H,5H2,1-4H3. The number of carbonyl (C=O) groups is 1. The predicted molar refractivity (Wildman–Crippen MR) is 64.5 cm³/mol. The Kier molecular flexibility index (Phi) is 4.89. The Bertz CT molecular complexity index is 352. The molecule has 0 saturated heterocycles. The second-order valence-electron chi connectivity index (χ2n) is 3.65. The molecule has 90 valence electrons. The Morgan fingerprint density at radius 3 is 2.81 bits per heavy atom. The van der Waals surface area contributed by atoms with Crippen LogP contribution in [0.25, 0.3) is 0 Å². The average molecular weight is 242 g/mol. The van der Waals surface area contributed by atoms with Crippen molar-refractivity contribution in [2.45, 2.75) is 39.8 Å². The fourth-order valence-electron chi connectivity index (χ4n) is 1.37. The van der Waals surface area contributed by atoms with E-state index in [9.17, 15) is 4.79 Å². The van der Waals surface area contributed by atoms with Crippen LogP contribution in [0.2, 0.25) is 0 Å². The van der Waals surface area contributed by atoms with Gasteiger partial charge in [-0.2, -0.15) is 0 Å². The van der Waals surface area contributed by atoms with E-state index in [0.29, 0.717) is 6.61 Å². The van der Waals surface area contributed by atoms with Crippen molar-refractivity contribution in [1.29, 1.82) is 0 Å². The zero-order valence-electron chi connectivity index (χ0n) is 10.1. The largest absolute Gasteiger partial charge is 0.465 e. The summed E-state index contributed by atoms with van der Waals surface area (Å²) in [5.41, 5.74) is 0.971. The predicted octanol–water partition coefficient (Wildman–Crippen LogP) is 2.05. The second-order valence-corrected chi connectivity index (χ2v) is 4.72. The Balaban J connectivity index is 2.51. The van der Waals surface area contributed by atoms with E-state index >= 15 is 0 Å². The van der Waals surface area contributed by atoms with E-state index in [1.807, 2.05) is 19.2 Å². The van der Waals surface area contributed by atoms with Crippen LogP contribution in [0.5, 0.6) is 0 Å². The molecule has 0 spiro atoms. The number of aromatic nitrogens is 1. The lowest BCUT2D eigenvalue weighted by Crippen LogP contribution is -2.37. The molecule has 1 aromatic heterocycles. The van der Waals surface area contributed by atoms with Gasteiger partial charge in [-0.1, -0.05) is 0 Å². The molecule has 2 atom stereocenters. The molecule has 0 radical (unpaired) electrons. The van der Waals surface area contributed by atoms with Gasteiger partial charge in [-0.05, 0) is 27.7 Å². The van der Waals surface area contributed by atoms with Crippen LogP contribution in [0.3, 0.4) is 0 Å². The molecule has 1 heterocycles. The average Bonchev–Trinajstić information content (AvgIpc) is 2.65. The van der Waals surface area contributed by atoms with Crippen molar-refractivity contribution in [3.05, 3.63) is 16.1 Å². The third-order valence-electron chi connectivity index (χ3n) is 2.22. The van der Waals surface area contributed by atoms with Crippen molar-refractivity contribution >= 4 is 17.3 Å². The number of ether oxygens (including phenoxy) is 1. The number of esters is 1. The van der Waals surface area contributed by atoms with Gasteiger partial charge < -0.3 is 4.74 Å². The third-order valence-corrected chi connectivity index (χ3v) is 3.01. The molecule has 0 bridgehead atoms. The Morgan fingerprint density at radius 1 is 1.62 bits per heavy atom. The fraction of sp³-hybridized carbons (Fsp3) is 0.636. The molecule has 0 saturated carbocycles. The van der Waals surface area contributed by atoms with Crippen molar-refractivity contribution in [3.63, 3.8) is 0 Å². The molecule has 0 aliphatic carbocycles. The van der Waals surface area contributed by atoms with Gasteiger partial charge in [-0.3, -0.25) is 10.1 Å². The normalized spacial score (nSPS) is 14.5. The van der Waals surface area contributed by atoms with Gasteiger partial charge in [0, 0.05) is 11.4 Å². The van der Waals surface area contributed by atoms with Gasteiger partial charge in [0.05, 0.1) is 17.3 Å². The highest BCUT2D eigenvalue weighted by Crippen LogP contribution is 2.16. The summed E-state index contributed by atoms with van der Waals surface area (Å²) in [6, 6.07) is -0.249. The molecule has 0 aliphatic heterocycles. The summed E-state index contributed by atoms with van der Waals surface area (Å²) in [7, 11) is 0. The summed E-state index contributed by atoms with van der Waals surface area (Å²) in [5, 5.41) is 6.20. The van der Waals surface area contributed by atoms with Crippen LogP contribution in [-0.4, -0.2) is 23.6 Å². The molecule has 1 N–H and O–H groups in total. The SMILES string of the molecule is CCOC(=O)C(C)NC(C)c1csc(C)n1. The number of thiazole rings is 1. The first-order valence-electron chi connectivity index (χ1n) is 5.39. The molecule has 1 rings (SSSR count). The monoisotopic (exact) mass is 242 g/mol. The van der Waals surface area contributed by atoms with E-state index in [4.69, 9.17) is 4.74 Å². The molecule has 4 nitrogen and oxygen atoms in total. The number of nitrogens with one attached hydrogen (secondary N) is 1. The molecule has 0 aliphatic rings. The summed E-state index contributed by atoms with van der Waals surface area (Å²) in [6.45, 7) is 7.97. The minimum absolute atomic E-state index is 0.0596. The molecule has 1 aromatic rings. The van der Waals surface area contributed by atoms with Crippen LogP contribution >= 0.6 is 11.3 Å². The van der Waals surface area contributed by atoms with Crippen LogP contribution in [0, 0.1) is 6.92 Å². The molecule has 2 unspecified atom stereocenters. The number of rotatable bonds is 5. The molecular weight excluding hydrogens is 224 g/mol. The van der Waals surface area contributed by atoms with Gasteiger partial charge in [0.2, 0.25) is 0 Å². The minimum atomic E-state index is -0.308. The lowest BCUT2D eigenvalue weighted by molar-refractivity contribution is -0.145. The topological polar surface area (TPSA) is 51.2 Å². The van der Waals surface area contributed by atoms with E-state index in [1.165, 1.54) is 0 Å². The van der Waals surface area contributed by atoms with E-state index in [2.05, 4.69) is 10.3 Å². The van der Waals surface area contributed by atoms with Crippen molar-refractivity contribution in [3.8, 4) is 0 Å². The molecule has 5 heteroatoms. The molecule has 0 fully saturated rings. The highest BCUT2D eigenvalue weighted by molar-refractivity contribution is 7.09. The highest BCUT2D eigenvalue weighted by atomic mass is 32.1. The number of hydrogen-bond donors (Lipinski definition) is 1. The van der Waals surface area contributed by atoms with E-state index in [0.717, 1.165) is 10.7 Å². The van der Waals surface area contributed by atoms with Gasteiger partial charge in [-0.15, -0.1) is 11.3 Å². The van der Waals surface area contributed by atoms with Gasteiger partial charge >= 0.3 is 5.97 Å². The molecule has 0 aromatic carbocycles. The Hall–Kier alpha value is -0.940. The lowest BCUT2D eigenvalue weighted by Gasteiger charge is -2.17. The Labute approximate surface area is 100 Å². The number of nitrogens with zero attached hydrogens (tertiary/aromatic N) is 1. The third kappa shape index (κ3) is 3.57. The van der Waals surface area contributed by atoms with E-state index in [-0.39, 0.29) is 18.1 Å². The quantitative estimate of drug-likeness (QED) is 0.803. The van der Waals surface area contributed by atoms with Crippen LogP contribution in [0.1, 0.15) is 37.5 Å². The summed E-state index contributed by atoms with van der Waals surface area (Å²) in [6.07, 6.45) is 0. The minimum Gasteiger partial charge on any atom is -0.465 e. The van der Waals surface area contributed by atoms with Crippen molar-refractivity contribution in [2.24, 2.45) is 0 Å². The Morgan fingerprint density at radius 2 is 2.31 bits per heavy atom. The van der Waals surface area contributed by atoms with Crippen LogP contribution in [0.4, 0.5) is 0 Å². The van der Waals surface area contributed by atoms with Crippen LogP contribution in [0.15, 0.2) is 5.38 Å². The van der Waals surface area contributed by atoms with Crippen molar-refractivity contribution < 1.29 is 9.53 Å². The number of hydrogen-bond acceptors (Lipinski definition) is 5. The lowest BCUT2D eigenvalue weighted by atomic mass is 10.2. The maximum absolute atomic E-state index is 11.4. The summed E-state index contributed by atoms with van der Waals surface area (Å²) in [5.74, 6) is -0.221. The van der Waals surface area contributed by atoms with Crippen LogP contribution in [-0.2, 0) is 9.53 Å². The second kappa shape index (κ2) is 5.96. The molecular formula is C11H18N2O2S. The zero-order chi connectivity index (χ0) is 12.1.